The topological polar surface area (TPSA) is 114 Å². The maximum atomic E-state index is 11.7. The number of rotatable bonds is 5. The van der Waals surface area contributed by atoms with Gasteiger partial charge in [0.1, 0.15) is 5.75 Å². The lowest BCUT2D eigenvalue weighted by Gasteiger charge is -2.30. The molecule has 0 radical (unpaired) electrons. The minimum absolute atomic E-state index is 0.185. The molecule has 1 heterocycles. The zero-order valence-electron chi connectivity index (χ0n) is 15.6. The highest BCUT2D eigenvalue weighted by Gasteiger charge is 2.37. The molecule has 1 aromatic rings. The fourth-order valence-corrected chi connectivity index (χ4v) is 2.78. The standard InChI is InChI=1S/C17H23BClNO7/c1-9(21)20-13-6-10-5-11(19)7-12(14(10)27-18(13)24)15(22)25-8-26-16(23)17(2,3)4/h5,7,13,15,22,24H,6,8H2,1-4H3,(H,20,21)/t13-,15?/m0/s1. The lowest BCUT2D eigenvalue weighted by molar-refractivity contribution is -0.193. The zero-order valence-corrected chi connectivity index (χ0v) is 16.4. The summed E-state index contributed by atoms with van der Waals surface area (Å²) in [6, 6.07) is 3.05. The third kappa shape index (κ3) is 5.59. The van der Waals surface area contributed by atoms with Crippen molar-refractivity contribution in [1.29, 1.82) is 0 Å². The van der Waals surface area contributed by atoms with Gasteiger partial charge in [0.05, 0.1) is 11.4 Å². The molecule has 0 spiro atoms. The first-order valence-corrected chi connectivity index (χ1v) is 8.78. The van der Waals surface area contributed by atoms with Gasteiger partial charge >= 0.3 is 13.1 Å². The van der Waals surface area contributed by atoms with Gasteiger partial charge in [0.2, 0.25) is 5.91 Å². The van der Waals surface area contributed by atoms with Crippen LogP contribution in [0.4, 0.5) is 0 Å². The van der Waals surface area contributed by atoms with Gasteiger partial charge in [0, 0.05) is 17.5 Å². The Morgan fingerprint density at radius 2 is 2.11 bits per heavy atom. The Morgan fingerprint density at radius 1 is 1.44 bits per heavy atom. The van der Waals surface area contributed by atoms with Gasteiger partial charge in [-0.1, -0.05) is 11.6 Å². The molecule has 1 aliphatic rings. The van der Waals surface area contributed by atoms with E-state index in [1.54, 1.807) is 26.8 Å². The van der Waals surface area contributed by atoms with Crippen LogP contribution in [0.15, 0.2) is 12.1 Å². The van der Waals surface area contributed by atoms with Crippen molar-refractivity contribution in [1.82, 2.24) is 5.32 Å². The molecule has 1 unspecified atom stereocenters. The van der Waals surface area contributed by atoms with E-state index < -0.39 is 37.5 Å². The smallest absolute Gasteiger partial charge is 0.534 e. The Hall–Kier alpha value is -1.81. The van der Waals surface area contributed by atoms with E-state index in [4.69, 9.17) is 25.7 Å². The summed E-state index contributed by atoms with van der Waals surface area (Å²) in [5, 5.41) is 23.3. The van der Waals surface area contributed by atoms with Gasteiger partial charge in [-0.2, -0.15) is 0 Å². The molecular weight excluding hydrogens is 376 g/mol. The minimum Gasteiger partial charge on any atom is -0.534 e. The summed E-state index contributed by atoms with van der Waals surface area (Å²) >= 11 is 6.10. The van der Waals surface area contributed by atoms with Crippen LogP contribution < -0.4 is 9.97 Å². The van der Waals surface area contributed by atoms with Crippen LogP contribution in [-0.4, -0.2) is 41.9 Å². The van der Waals surface area contributed by atoms with E-state index in [9.17, 15) is 19.7 Å². The van der Waals surface area contributed by atoms with Gasteiger partial charge < -0.3 is 29.6 Å². The fourth-order valence-electron chi connectivity index (χ4n) is 2.53. The number of aliphatic hydroxyl groups is 1. The molecule has 148 valence electrons. The average Bonchev–Trinajstić information content (AvgIpc) is 2.53. The molecule has 0 saturated heterocycles. The molecule has 3 N–H and O–H groups in total. The van der Waals surface area contributed by atoms with Gasteiger partial charge in [-0.3, -0.25) is 9.59 Å². The predicted octanol–water partition coefficient (Wildman–Crippen LogP) is 1.35. The minimum atomic E-state index is -1.49. The van der Waals surface area contributed by atoms with Crippen LogP contribution in [0.2, 0.25) is 5.02 Å². The van der Waals surface area contributed by atoms with Crippen molar-refractivity contribution in [3.05, 3.63) is 28.3 Å². The summed E-state index contributed by atoms with van der Waals surface area (Å²) in [4.78, 5) is 23.0. The quantitative estimate of drug-likeness (QED) is 0.389. The Kier molecular flexibility index (Phi) is 6.75. The molecule has 0 aromatic heterocycles. The van der Waals surface area contributed by atoms with Crippen LogP contribution in [0, 0.1) is 5.41 Å². The molecule has 1 aliphatic heterocycles. The normalized spacial score (nSPS) is 17.6. The first-order chi connectivity index (χ1) is 12.5. The molecule has 1 amide bonds. The summed E-state index contributed by atoms with van der Waals surface area (Å²) in [5.74, 6) is -1.22. The highest BCUT2D eigenvalue weighted by molar-refractivity contribution is 6.46. The van der Waals surface area contributed by atoms with Crippen LogP contribution in [0.3, 0.4) is 0 Å². The van der Waals surface area contributed by atoms with Crippen molar-refractivity contribution >= 4 is 30.6 Å². The number of benzene rings is 1. The van der Waals surface area contributed by atoms with Crippen LogP contribution in [0.5, 0.6) is 5.75 Å². The lowest BCUT2D eigenvalue weighted by atomic mass is 9.72. The Balaban J connectivity index is 2.13. The molecule has 0 saturated carbocycles. The van der Waals surface area contributed by atoms with Crippen LogP contribution in [0.1, 0.15) is 45.1 Å². The van der Waals surface area contributed by atoms with Crippen molar-refractivity contribution in [3.8, 4) is 5.75 Å². The Bertz CT molecular complexity index is 722. The molecule has 0 bridgehead atoms. The summed E-state index contributed by atoms with van der Waals surface area (Å²) in [6.45, 7) is 5.96. The van der Waals surface area contributed by atoms with Crippen molar-refractivity contribution in [2.45, 2.75) is 46.3 Å². The number of nitrogens with one attached hydrogen (secondary N) is 1. The van der Waals surface area contributed by atoms with Crippen LogP contribution >= 0.6 is 11.6 Å². The second-order valence-corrected chi connectivity index (χ2v) is 7.76. The van der Waals surface area contributed by atoms with Gasteiger partial charge in [-0.25, -0.2) is 0 Å². The monoisotopic (exact) mass is 399 g/mol. The molecule has 1 aromatic carbocycles. The number of amides is 1. The lowest BCUT2D eigenvalue weighted by Crippen LogP contribution is -2.52. The van der Waals surface area contributed by atoms with Crippen molar-refractivity contribution in [2.75, 3.05) is 6.79 Å². The molecule has 27 heavy (non-hydrogen) atoms. The number of carbonyl (C=O) groups is 2. The summed E-state index contributed by atoms with van der Waals surface area (Å²) in [5.41, 5.74) is 0.0793. The van der Waals surface area contributed by atoms with Crippen LogP contribution in [0.25, 0.3) is 0 Å². The molecule has 0 aliphatic carbocycles. The number of ether oxygens (including phenoxy) is 2. The first-order valence-electron chi connectivity index (χ1n) is 8.40. The number of hydrogen-bond donors (Lipinski definition) is 3. The van der Waals surface area contributed by atoms with E-state index in [-0.39, 0.29) is 23.6 Å². The van der Waals surface area contributed by atoms with E-state index in [1.165, 1.54) is 13.0 Å². The summed E-state index contributed by atoms with van der Waals surface area (Å²) < 4.78 is 15.6. The molecule has 2 rings (SSSR count). The zero-order chi connectivity index (χ0) is 20.4. The van der Waals surface area contributed by atoms with Crippen molar-refractivity contribution < 1.29 is 33.8 Å². The van der Waals surface area contributed by atoms with E-state index in [1.807, 2.05) is 0 Å². The van der Waals surface area contributed by atoms with Gasteiger partial charge in [0.15, 0.2) is 13.1 Å². The number of aliphatic hydroxyl groups excluding tert-OH is 1. The third-order valence-corrected chi connectivity index (χ3v) is 4.08. The van der Waals surface area contributed by atoms with Gasteiger partial charge in [0.25, 0.3) is 0 Å². The molecule has 2 atom stereocenters. The van der Waals surface area contributed by atoms with Crippen molar-refractivity contribution in [2.24, 2.45) is 5.41 Å². The van der Waals surface area contributed by atoms with Gasteiger partial charge in [-0.05, 0) is 44.9 Å². The SMILES string of the molecule is CC(=O)N[C@H]1Cc2cc(Cl)cc(C(O)OCOC(=O)C(C)(C)C)c2OB1O. The van der Waals surface area contributed by atoms with E-state index in [0.29, 0.717) is 10.6 Å². The first kappa shape index (κ1) is 21.5. The molecular formula is C17H23BClNO7. The maximum Gasteiger partial charge on any atom is 0.547 e. The summed E-state index contributed by atoms with van der Waals surface area (Å²) in [7, 11) is -1.30. The van der Waals surface area contributed by atoms with Crippen molar-refractivity contribution in [3.63, 3.8) is 0 Å². The Morgan fingerprint density at radius 3 is 2.70 bits per heavy atom. The third-order valence-electron chi connectivity index (χ3n) is 3.86. The molecule has 0 fully saturated rings. The second kappa shape index (κ2) is 8.47. The van der Waals surface area contributed by atoms with Gasteiger partial charge in [-0.15, -0.1) is 0 Å². The average molecular weight is 400 g/mol. The van der Waals surface area contributed by atoms with E-state index >= 15 is 0 Å². The number of hydrogen-bond acceptors (Lipinski definition) is 7. The molecule has 8 nitrogen and oxygen atoms in total. The number of halogens is 1. The second-order valence-electron chi connectivity index (χ2n) is 7.32. The molecule has 10 heteroatoms. The van der Waals surface area contributed by atoms with Crippen LogP contribution in [-0.2, 0) is 25.5 Å². The maximum absolute atomic E-state index is 11.7. The van der Waals surface area contributed by atoms with E-state index in [2.05, 4.69) is 5.32 Å². The highest BCUT2D eigenvalue weighted by atomic mass is 35.5. The van der Waals surface area contributed by atoms with E-state index in [0.717, 1.165) is 0 Å². The largest absolute Gasteiger partial charge is 0.547 e. The number of esters is 1. The number of fused-ring (bicyclic) bond motifs is 1. The predicted molar refractivity (Wildman–Crippen MR) is 97.8 cm³/mol. The Labute approximate surface area is 162 Å². The fraction of sp³-hybridized carbons (Fsp3) is 0.529. The number of carbonyl (C=O) groups excluding carboxylic acids is 2. The summed E-state index contributed by atoms with van der Waals surface area (Å²) in [6.07, 6.45) is -1.23. The highest BCUT2D eigenvalue weighted by Crippen LogP contribution is 2.37.